The van der Waals surface area contributed by atoms with Crippen LogP contribution in [0.5, 0.6) is 0 Å². The molecule has 0 bridgehead atoms. The lowest BCUT2D eigenvalue weighted by Gasteiger charge is -2.28. The summed E-state index contributed by atoms with van der Waals surface area (Å²) in [6.45, 7) is 5.03. The average molecular weight is 265 g/mol. The van der Waals surface area contributed by atoms with E-state index in [4.69, 9.17) is 10.5 Å². The van der Waals surface area contributed by atoms with Crippen LogP contribution in [0, 0.1) is 12.8 Å². The molecular weight excluding hydrogens is 242 g/mol. The van der Waals surface area contributed by atoms with Crippen molar-refractivity contribution < 1.29 is 9.53 Å². The summed E-state index contributed by atoms with van der Waals surface area (Å²) in [5.74, 6) is -0.0507. The minimum absolute atomic E-state index is 0.191. The maximum Gasteiger partial charge on any atom is 0.326 e. The van der Waals surface area contributed by atoms with Gasteiger partial charge in [-0.3, -0.25) is 9.48 Å². The molecule has 0 spiro atoms. The Morgan fingerprint density at radius 2 is 2.47 bits per heavy atom. The molecule has 5 heteroatoms. The molecule has 0 aromatic carbocycles. The van der Waals surface area contributed by atoms with Crippen molar-refractivity contribution in [1.29, 1.82) is 0 Å². The summed E-state index contributed by atoms with van der Waals surface area (Å²) in [7, 11) is 0. The van der Waals surface area contributed by atoms with E-state index in [0.29, 0.717) is 6.61 Å². The molecule has 1 aliphatic rings. The smallest absolute Gasteiger partial charge is 0.326 e. The van der Waals surface area contributed by atoms with Gasteiger partial charge in [-0.15, -0.1) is 0 Å². The van der Waals surface area contributed by atoms with Gasteiger partial charge in [-0.25, -0.2) is 0 Å². The third-order valence-corrected chi connectivity index (χ3v) is 4.00. The lowest BCUT2D eigenvalue weighted by atomic mass is 9.85. The SMILES string of the molecule is CCOC(=O)C1(N)CCCC1CCn1cc(C)cn1. The third kappa shape index (κ3) is 2.97. The first-order valence-corrected chi connectivity index (χ1v) is 7.01. The monoisotopic (exact) mass is 265 g/mol. The van der Waals surface area contributed by atoms with Crippen molar-refractivity contribution in [3.63, 3.8) is 0 Å². The fourth-order valence-corrected chi connectivity index (χ4v) is 2.92. The molecule has 1 aromatic rings. The fraction of sp³-hybridized carbons (Fsp3) is 0.714. The van der Waals surface area contributed by atoms with Crippen molar-refractivity contribution in [3.05, 3.63) is 18.0 Å². The molecule has 2 atom stereocenters. The summed E-state index contributed by atoms with van der Waals surface area (Å²) in [5.41, 5.74) is 6.65. The van der Waals surface area contributed by atoms with Crippen molar-refractivity contribution >= 4 is 5.97 Å². The van der Waals surface area contributed by atoms with Gasteiger partial charge in [0.05, 0.1) is 12.8 Å². The molecule has 1 saturated carbocycles. The second kappa shape index (κ2) is 5.74. The van der Waals surface area contributed by atoms with E-state index in [1.807, 2.05) is 30.9 Å². The maximum absolute atomic E-state index is 12.0. The maximum atomic E-state index is 12.0. The summed E-state index contributed by atoms with van der Waals surface area (Å²) in [5, 5.41) is 4.27. The third-order valence-electron chi connectivity index (χ3n) is 4.00. The molecule has 0 amide bonds. The molecular formula is C14H23N3O2. The van der Waals surface area contributed by atoms with Gasteiger partial charge < -0.3 is 10.5 Å². The van der Waals surface area contributed by atoms with Crippen LogP contribution in [0.25, 0.3) is 0 Å². The molecule has 1 heterocycles. The first-order chi connectivity index (χ1) is 9.06. The number of hydrogen-bond donors (Lipinski definition) is 1. The molecule has 106 valence electrons. The number of carbonyl (C=O) groups excluding carboxylic acids is 1. The van der Waals surface area contributed by atoms with Crippen LogP contribution in [-0.4, -0.2) is 27.9 Å². The quantitative estimate of drug-likeness (QED) is 0.822. The van der Waals surface area contributed by atoms with Crippen LogP contribution < -0.4 is 5.73 Å². The van der Waals surface area contributed by atoms with E-state index in [1.165, 1.54) is 0 Å². The number of aryl methyl sites for hydroxylation is 2. The number of hydrogen-bond acceptors (Lipinski definition) is 4. The minimum atomic E-state index is -0.793. The summed E-state index contributed by atoms with van der Waals surface area (Å²) in [4.78, 5) is 12.0. The van der Waals surface area contributed by atoms with Crippen LogP contribution in [-0.2, 0) is 16.1 Å². The lowest BCUT2D eigenvalue weighted by molar-refractivity contribution is -0.151. The Bertz CT molecular complexity index is 444. The number of aromatic nitrogens is 2. The second-order valence-electron chi connectivity index (χ2n) is 5.42. The van der Waals surface area contributed by atoms with Crippen molar-refractivity contribution in [1.82, 2.24) is 9.78 Å². The van der Waals surface area contributed by atoms with Crippen LogP contribution in [0.2, 0.25) is 0 Å². The largest absolute Gasteiger partial charge is 0.465 e. The van der Waals surface area contributed by atoms with E-state index in [9.17, 15) is 4.79 Å². The van der Waals surface area contributed by atoms with Gasteiger partial charge in [-0.2, -0.15) is 5.10 Å². The lowest BCUT2D eigenvalue weighted by Crippen LogP contribution is -2.52. The number of esters is 1. The molecule has 19 heavy (non-hydrogen) atoms. The van der Waals surface area contributed by atoms with E-state index in [2.05, 4.69) is 5.10 Å². The normalized spacial score (nSPS) is 26.6. The molecule has 1 aliphatic carbocycles. The van der Waals surface area contributed by atoms with Gasteiger partial charge in [-0.1, -0.05) is 6.42 Å². The predicted molar refractivity (Wildman–Crippen MR) is 72.5 cm³/mol. The topological polar surface area (TPSA) is 70.1 Å². The first-order valence-electron chi connectivity index (χ1n) is 7.01. The zero-order chi connectivity index (χ0) is 13.9. The molecule has 0 saturated heterocycles. The molecule has 2 N–H and O–H groups in total. The Morgan fingerprint density at radius 1 is 1.68 bits per heavy atom. The van der Waals surface area contributed by atoms with Gasteiger partial charge in [0.25, 0.3) is 0 Å². The van der Waals surface area contributed by atoms with Crippen LogP contribution >= 0.6 is 0 Å². The van der Waals surface area contributed by atoms with Crippen molar-refractivity contribution in [2.75, 3.05) is 6.61 Å². The Morgan fingerprint density at radius 3 is 3.11 bits per heavy atom. The van der Waals surface area contributed by atoms with Crippen LogP contribution in [0.1, 0.15) is 38.2 Å². The molecule has 1 fully saturated rings. The van der Waals surface area contributed by atoms with E-state index in [1.54, 1.807) is 0 Å². The van der Waals surface area contributed by atoms with Crippen molar-refractivity contribution in [2.45, 2.75) is 51.6 Å². The number of nitrogens with zero attached hydrogens (tertiary/aromatic N) is 2. The van der Waals surface area contributed by atoms with Gasteiger partial charge in [0.1, 0.15) is 5.54 Å². The zero-order valence-electron chi connectivity index (χ0n) is 11.8. The highest BCUT2D eigenvalue weighted by Crippen LogP contribution is 2.37. The Kier molecular flexibility index (Phi) is 4.24. The van der Waals surface area contributed by atoms with Crippen molar-refractivity contribution in [2.24, 2.45) is 11.7 Å². The van der Waals surface area contributed by atoms with Gasteiger partial charge in [0.15, 0.2) is 0 Å². The average Bonchev–Trinajstić information content (AvgIpc) is 2.94. The Hall–Kier alpha value is -1.36. The molecule has 2 unspecified atom stereocenters. The van der Waals surface area contributed by atoms with E-state index < -0.39 is 5.54 Å². The minimum Gasteiger partial charge on any atom is -0.465 e. The highest BCUT2D eigenvalue weighted by molar-refractivity contribution is 5.81. The Balaban J connectivity index is 1.96. The standard InChI is InChI=1S/C14H23N3O2/c1-3-19-13(18)14(15)7-4-5-12(14)6-8-17-10-11(2)9-16-17/h9-10,12H,3-8,15H2,1-2H3. The number of rotatable bonds is 5. The number of carbonyl (C=O) groups is 1. The highest BCUT2D eigenvalue weighted by Gasteiger charge is 2.46. The van der Waals surface area contributed by atoms with E-state index in [-0.39, 0.29) is 11.9 Å². The highest BCUT2D eigenvalue weighted by atomic mass is 16.5. The zero-order valence-corrected chi connectivity index (χ0v) is 11.8. The summed E-state index contributed by atoms with van der Waals surface area (Å²) < 4.78 is 7.04. The summed E-state index contributed by atoms with van der Waals surface area (Å²) in [6, 6.07) is 0. The van der Waals surface area contributed by atoms with Crippen molar-refractivity contribution in [3.8, 4) is 0 Å². The number of ether oxygens (including phenoxy) is 1. The molecule has 0 aliphatic heterocycles. The molecule has 2 rings (SSSR count). The van der Waals surface area contributed by atoms with Crippen LogP contribution in [0.4, 0.5) is 0 Å². The summed E-state index contributed by atoms with van der Waals surface area (Å²) in [6.07, 6.45) is 7.45. The summed E-state index contributed by atoms with van der Waals surface area (Å²) >= 11 is 0. The van der Waals surface area contributed by atoms with Gasteiger partial charge in [-0.05, 0) is 44.6 Å². The molecule has 5 nitrogen and oxygen atoms in total. The van der Waals surface area contributed by atoms with Crippen LogP contribution in [0.15, 0.2) is 12.4 Å². The molecule has 0 radical (unpaired) electrons. The Labute approximate surface area is 114 Å². The first kappa shape index (κ1) is 14.1. The van der Waals surface area contributed by atoms with Gasteiger partial charge >= 0.3 is 5.97 Å². The predicted octanol–water partition coefficient (Wildman–Crippen LogP) is 1.64. The second-order valence-corrected chi connectivity index (χ2v) is 5.42. The van der Waals surface area contributed by atoms with Gasteiger partial charge in [0.2, 0.25) is 0 Å². The fourth-order valence-electron chi connectivity index (χ4n) is 2.92. The van der Waals surface area contributed by atoms with E-state index >= 15 is 0 Å². The van der Waals surface area contributed by atoms with E-state index in [0.717, 1.165) is 37.8 Å². The molecule has 1 aromatic heterocycles. The van der Waals surface area contributed by atoms with Gasteiger partial charge in [0, 0.05) is 12.7 Å². The number of nitrogens with two attached hydrogens (primary N) is 1. The van der Waals surface area contributed by atoms with Crippen LogP contribution in [0.3, 0.4) is 0 Å².